The van der Waals surface area contributed by atoms with Crippen molar-refractivity contribution < 1.29 is 14.6 Å². The van der Waals surface area contributed by atoms with Crippen molar-refractivity contribution in [1.82, 2.24) is 4.90 Å². The van der Waals surface area contributed by atoms with E-state index >= 15 is 0 Å². The number of nitrogens with two attached hydrogens (primary N) is 1. The molecular weight excluding hydrogens is 376 g/mol. The molecule has 5 nitrogen and oxygen atoms in total. The van der Waals surface area contributed by atoms with Crippen molar-refractivity contribution in [1.29, 1.82) is 0 Å². The molecule has 2 atom stereocenters. The van der Waals surface area contributed by atoms with Gasteiger partial charge in [-0.05, 0) is 68.5 Å². The Bertz CT molecular complexity index is 853. The van der Waals surface area contributed by atoms with Crippen molar-refractivity contribution in [2.75, 3.05) is 32.5 Å². The fourth-order valence-corrected chi connectivity index (χ4v) is 4.33. The van der Waals surface area contributed by atoms with Gasteiger partial charge < -0.3 is 25.2 Å². The lowest BCUT2D eigenvalue weighted by molar-refractivity contribution is 0.0270. The molecule has 1 aliphatic rings. The van der Waals surface area contributed by atoms with Crippen LogP contribution in [-0.2, 0) is 13.0 Å². The Labute approximate surface area is 180 Å². The molecular formula is C25H36N2O3. The number of piperidine rings is 1. The van der Waals surface area contributed by atoms with Crippen LogP contribution in [0.1, 0.15) is 42.0 Å². The molecule has 0 bridgehead atoms. The molecule has 1 heterocycles. The van der Waals surface area contributed by atoms with Gasteiger partial charge in [0.1, 0.15) is 6.61 Å². The van der Waals surface area contributed by atoms with Gasteiger partial charge in [-0.15, -0.1) is 0 Å². The fraction of sp³-hybridized carbons (Fsp3) is 0.520. The number of aryl methyl sites for hydroxylation is 2. The normalized spacial score (nSPS) is 19.6. The van der Waals surface area contributed by atoms with Gasteiger partial charge in [-0.3, -0.25) is 0 Å². The van der Waals surface area contributed by atoms with Crippen molar-refractivity contribution in [3.63, 3.8) is 0 Å². The molecule has 0 aliphatic carbocycles. The second-order valence-corrected chi connectivity index (χ2v) is 8.56. The maximum Gasteiger partial charge on any atom is 0.184 e. The van der Waals surface area contributed by atoms with E-state index in [0.717, 1.165) is 50.0 Å². The third kappa shape index (κ3) is 5.46. The van der Waals surface area contributed by atoms with Crippen LogP contribution in [0.25, 0.3) is 0 Å². The van der Waals surface area contributed by atoms with Gasteiger partial charge in [0.15, 0.2) is 11.5 Å². The van der Waals surface area contributed by atoms with Crippen molar-refractivity contribution in [3.8, 4) is 11.5 Å². The molecule has 2 aromatic carbocycles. The first-order chi connectivity index (χ1) is 14.4. The maximum absolute atomic E-state index is 10.5. The number of hydrogen-bond donors (Lipinski definition) is 2. The van der Waals surface area contributed by atoms with E-state index < -0.39 is 0 Å². The number of nitrogens with zero attached hydrogens (tertiary/aromatic N) is 1. The zero-order valence-corrected chi connectivity index (χ0v) is 18.8. The smallest absolute Gasteiger partial charge is 0.184 e. The number of ether oxygens (including phenoxy) is 2. The predicted molar refractivity (Wildman–Crippen MR) is 122 cm³/mol. The van der Waals surface area contributed by atoms with Gasteiger partial charge in [-0.1, -0.05) is 30.7 Å². The summed E-state index contributed by atoms with van der Waals surface area (Å²) in [6.45, 7) is 9.78. The molecule has 3 rings (SSSR count). The summed E-state index contributed by atoms with van der Waals surface area (Å²) < 4.78 is 11.7. The van der Waals surface area contributed by atoms with E-state index in [4.69, 9.17) is 15.2 Å². The highest BCUT2D eigenvalue weighted by atomic mass is 16.5. The van der Waals surface area contributed by atoms with Crippen molar-refractivity contribution in [2.45, 2.75) is 52.7 Å². The number of aliphatic hydroxyl groups is 1. The van der Waals surface area contributed by atoms with E-state index in [-0.39, 0.29) is 12.0 Å². The Kier molecular flexibility index (Phi) is 7.62. The quantitative estimate of drug-likeness (QED) is 0.639. The first-order valence-electron chi connectivity index (χ1n) is 11.0. The van der Waals surface area contributed by atoms with E-state index in [9.17, 15) is 5.11 Å². The number of benzene rings is 2. The van der Waals surface area contributed by atoms with E-state index in [0.29, 0.717) is 23.8 Å². The Morgan fingerprint density at radius 1 is 1.20 bits per heavy atom. The molecule has 5 heteroatoms. The standard InChI is InChI=1S/C25H36N2O3/c1-5-9-27-10-8-23(28)20(15-27)12-19-13-22(26)25(24(14-19)29-4)30-16-21-11-17(2)6-7-18(21)3/h6-7,11,13-14,20,23,28H,5,8-10,12,15-16,26H2,1-4H3. The fourth-order valence-electron chi connectivity index (χ4n) is 4.33. The van der Waals surface area contributed by atoms with Gasteiger partial charge in [0.05, 0.1) is 18.9 Å². The number of methoxy groups -OCH3 is 1. The average Bonchev–Trinajstić information content (AvgIpc) is 2.72. The molecule has 0 spiro atoms. The maximum atomic E-state index is 10.5. The van der Waals surface area contributed by atoms with E-state index in [1.54, 1.807) is 7.11 Å². The minimum absolute atomic E-state index is 0.205. The van der Waals surface area contributed by atoms with Gasteiger partial charge in [-0.2, -0.15) is 0 Å². The summed E-state index contributed by atoms with van der Waals surface area (Å²) in [4.78, 5) is 2.44. The van der Waals surface area contributed by atoms with Gasteiger partial charge >= 0.3 is 0 Å². The summed E-state index contributed by atoms with van der Waals surface area (Å²) in [6, 6.07) is 10.3. The van der Waals surface area contributed by atoms with Crippen LogP contribution in [0.15, 0.2) is 30.3 Å². The van der Waals surface area contributed by atoms with Crippen LogP contribution in [0.3, 0.4) is 0 Å². The van der Waals surface area contributed by atoms with Crippen LogP contribution < -0.4 is 15.2 Å². The average molecular weight is 413 g/mol. The van der Waals surface area contributed by atoms with Crippen LogP contribution in [0.2, 0.25) is 0 Å². The highest BCUT2D eigenvalue weighted by Gasteiger charge is 2.28. The second-order valence-electron chi connectivity index (χ2n) is 8.56. The second kappa shape index (κ2) is 10.2. The molecule has 0 amide bonds. The van der Waals surface area contributed by atoms with Crippen molar-refractivity contribution in [2.24, 2.45) is 5.92 Å². The molecule has 164 valence electrons. The van der Waals surface area contributed by atoms with Gasteiger partial charge in [0.25, 0.3) is 0 Å². The van der Waals surface area contributed by atoms with Gasteiger partial charge in [0, 0.05) is 19.0 Å². The first-order valence-corrected chi connectivity index (χ1v) is 11.0. The van der Waals surface area contributed by atoms with E-state index in [1.165, 1.54) is 11.1 Å². The number of anilines is 1. The SMILES string of the molecule is CCCN1CCC(O)C(Cc2cc(N)c(OCc3cc(C)ccc3C)c(OC)c2)C1. The third-order valence-corrected chi connectivity index (χ3v) is 6.06. The molecule has 1 aliphatic heterocycles. The monoisotopic (exact) mass is 412 g/mol. The molecule has 0 radical (unpaired) electrons. The van der Waals surface area contributed by atoms with E-state index in [2.05, 4.69) is 43.9 Å². The zero-order chi connectivity index (χ0) is 21.7. The first kappa shape index (κ1) is 22.4. The molecule has 2 aromatic rings. The predicted octanol–water partition coefficient (Wildman–Crippen LogP) is 4.11. The number of rotatable bonds is 8. The highest BCUT2D eigenvalue weighted by molar-refractivity contribution is 5.62. The zero-order valence-electron chi connectivity index (χ0n) is 18.8. The summed E-state index contributed by atoms with van der Waals surface area (Å²) in [5.74, 6) is 1.43. The van der Waals surface area contributed by atoms with Crippen molar-refractivity contribution >= 4 is 5.69 Å². The van der Waals surface area contributed by atoms with E-state index in [1.807, 2.05) is 12.1 Å². The summed E-state index contributed by atoms with van der Waals surface area (Å²) in [6.07, 6.45) is 2.47. The largest absolute Gasteiger partial charge is 0.493 e. The summed E-state index contributed by atoms with van der Waals surface area (Å²) in [5, 5.41) is 10.5. The molecule has 1 saturated heterocycles. The Balaban J connectivity index is 1.74. The molecule has 0 aromatic heterocycles. The molecule has 1 fully saturated rings. The summed E-state index contributed by atoms with van der Waals surface area (Å²) in [5.41, 5.74) is 11.6. The Morgan fingerprint density at radius 2 is 2.00 bits per heavy atom. The minimum atomic E-state index is -0.273. The van der Waals surface area contributed by atoms with Crippen molar-refractivity contribution in [3.05, 3.63) is 52.6 Å². The third-order valence-electron chi connectivity index (χ3n) is 6.06. The van der Waals surface area contributed by atoms with Gasteiger partial charge in [0.2, 0.25) is 0 Å². The molecule has 2 unspecified atom stereocenters. The Hall–Kier alpha value is -2.24. The van der Waals surface area contributed by atoms with Crippen LogP contribution in [0, 0.1) is 19.8 Å². The van der Waals surface area contributed by atoms with Gasteiger partial charge in [-0.25, -0.2) is 0 Å². The van der Waals surface area contributed by atoms with Crippen LogP contribution >= 0.6 is 0 Å². The topological polar surface area (TPSA) is 68.0 Å². The van der Waals surface area contributed by atoms with Crippen LogP contribution in [-0.4, -0.2) is 42.9 Å². The lowest BCUT2D eigenvalue weighted by Crippen LogP contribution is -2.44. The molecule has 3 N–H and O–H groups in total. The van der Waals surface area contributed by atoms with Crippen LogP contribution in [0.5, 0.6) is 11.5 Å². The lowest BCUT2D eigenvalue weighted by atomic mass is 9.88. The van der Waals surface area contributed by atoms with Crippen LogP contribution in [0.4, 0.5) is 5.69 Å². The highest BCUT2D eigenvalue weighted by Crippen LogP contribution is 2.37. The number of aliphatic hydroxyl groups excluding tert-OH is 1. The Morgan fingerprint density at radius 3 is 2.73 bits per heavy atom. The summed E-state index contributed by atoms with van der Waals surface area (Å²) in [7, 11) is 1.64. The number of likely N-dealkylation sites (tertiary alicyclic amines) is 1. The molecule has 30 heavy (non-hydrogen) atoms. The minimum Gasteiger partial charge on any atom is -0.493 e. The summed E-state index contributed by atoms with van der Waals surface area (Å²) >= 11 is 0. The lowest BCUT2D eigenvalue weighted by Gasteiger charge is -2.36. The number of nitrogen functional groups attached to an aromatic ring is 1. The number of hydrogen-bond acceptors (Lipinski definition) is 5. The molecule has 0 saturated carbocycles.